The summed E-state index contributed by atoms with van der Waals surface area (Å²) in [5.74, 6) is 0.276. The van der Waals surface area contributed by atoms with Crippen LogP contribution in [0.15, 0.2) is 76.6 Å². The van der Waals surface area contributed by atoms with E-state index < -0.39 is 15.9 Å². The van der Waals surface area contributed by atoms with Gasteiger partial charge < -0.3 is 14.0 Å². The SMILES string of the molecule is CCOCCn1c(=NC(=O)c2cccc(NS(=O)(=O)c3ccc(C)cc3)c2)sc2cc(OCC)ccc21. The number of thiazole rings is 1. The Morgan fingerprint density at radius 3 is 2.54 bits per heavy atom. The summed E-state index contributed by atoms with van der Waals surface area (Å²) in [7, 11) is -3.80. The Morgan fingerprint density at radius 2 is 1.81 bits per heavy atom. The highest BCUT2D eigenvalue weighted by Crippen LogP contribution is 2.24. The van der Waals surface area contributed by atoms with Crippen molar-refractivity contribution in [3.63, 3.8) is 0 Å². The molecule has 0 saturated heterocycles. The lowest BCUT2D eigenvalue weighted by Crippen LogP contribution is -2.20. The summed E-state index contributed by atoms with van der Waals surface area (Å²) in [6.07, 6.45) is 0. The van der Waals surface area contributed by atoms with Gasteiger partial charge in [-0.3, -0.25) is 9.52 Å². The molecule has 4 rings (SSSR count). The quantitative estimate of drug-likeness (QED) is 0.286. The van der Waals surface area contributed by atoms with Gasteiger partial charge in [0.25, 0.3) is 15.9 Å². The minimum Gasteiger partial charge on any atom is -0.494 e. The fourth-order valence-electron chi connectivity index (χ4n) is 3.71. The van der Waals surface area contributed by atoms with Gasteiger partial charge >= 0.3 is 0 Å². The van der Waals surface area contributed by atoms with Crippen LogP contribution in [0.5, 0.6) is 5.75 Å². The number of aryl methyl sites for hydroxylation is 1. The van der Waals surface area contributed by atoms with Crippen molar-refractivity contribution >= 4 is 43.2 Å². The van der Waals surface area contributed by atoms with Gasteiger partial charge in [0.15, 0.2) is 4.80 Å². The van der Waals surface area contributed by atoms with Gasteiger partial charge in [0.1, 0.15) is 5.75 Å². The maximum atomic E-state index is 13.2. The van der Waals surface area contributed by atoms with E-state index in [1.54, 1.807) is 42.5 Å². The topological polar surface area (TPSA) is 99.0 Å². The molecule has 0 atom stereocenters. The lowest BCUT2D eigenvalue weighted by Gasteiger charge is -2.09. The Labute approximate surface area is 220 Å². The number of aromatic nitrogens is 1. The van der Waals surface area contributed by atoms with Gasteiger partial charge in [0.2, 0.25) is 0 Å². The van der Waals surface area contributed by atoms with Crippen LogP contribution in [0.2, 0.25) is 0 Å². The number of benzene rings is 3. The fourth-order valence-corrected chi connectivity index (χ4v) is 5.84. The van der Waals surface area contributed by atoms with Crippen molar-refractivity contribution in [1.29, 1.82) is 0 Å². The molecule has 1 heterocycles. The van der Waals surface area contributed by atoms with E-state index >= 15 is 0 Å². The van der Waals surface area contributed by atoms with E-state index in [0.717, 1.165) is 21.5 Å². The van der Waals surface area contributed by atoms with E-state index in [4.69, 9.17) is 9.47 Å². The molecule has 0 aliphatic heterocycles. The smallest absolute Gasteiger partial charge is 0.279 e. The van der Waals surface area contributed by atoms with Crippen LogP contribution in [0.3, 0.4) is 0 Å². The molecule has 0 saturated carbocycles. The van der Waals surface area contributed by atoms with Gasteiger partial charge in [0, 0.05) is 24.4 Å². The molecule has 4 aromatic rings. The third-order valence-corrected chi connectivity index (χ3v) is 7.96. The Kier molecular flexibility index (Phi) is 8.42. The first-order chi connectivity index (χ1) is 17.8. The number of carbonyl (C=O) groups excluding carboxylic acids is 1. The van der Waals surface area contributed by atoms with E-state index in [1.165, 1.54) is 17.4 Å². The van der Waals surface area contributed by atoms with E-state index in [2.05, 4.69) is 9.71 Å². The van der Waals surface area contributed by atoms with E-state index in [0.29, 0.717) is 31.2 Å². The first-order valence-corrected chi connectivity index (χ1v) is 14.2. The van der Waals surface area contributed by atoms with Crippen LogP contribution in [0.1, 0.15) is 29.8 Å². The molecule has 0 aliphatic rings. The number of hydrogen-bond donors (Lipinski definition) is 1. The summed E-state index contributed by atoms with van der Waals surface area (Å²) in [5, 5.41) is 0. The fraction of sp³-hybridized carbons (Fsp3) is 0.259. The Morgan fingerprint density at radius 1 is 1.03 bits per heavy atom. The molecule has 10 heteroatoms. The molecule has 1 N–H and O–H groups in total. The molecule has 1 aromatic heterocycles. The highest BCUT2D eigenvalue weighted by Gasteiger charge is 2.16. The molecule has 0 aliphatic carbocycles. The zero-order chi connectivity index (χ0) is 26.4. The molecular weight excluding hydrogens is 510 g/mol. The number of ether oxygens (including phenoxy) is 2. The number of nitrogens with one attached hydrogen (secondary N) is 1. The largest absolute Gasteiger partial charge is 0.494 e. The third kappa shape index (κ3) is 6.46. The number of amides is 1. The average molecular weight is 540 g/mol. The van der Waals surface area contributed by atoms with Crippen LogP contribution >= 0.6 is 11.3 Å². The summed E-state index contributed by atoms with van der Waals surface area (Å²) in [6, 6.07) is 18.7. The number of hydrogen-bond acceptors (Lipinski definition) is 6. The number of anilines is 1. The van der Waals surface area contributed by atoms with Crippen LogP contribution in [0.4, 0.5) is 5.69 Å². The number of carbonyl (C=O) groups is 1. The molecule has 0 spiro atoms. The highest BCUT2D eigenvalue weighted by atomic mass is 32.2. The van der Waals surface area contributed by atoms with Gasteiger partial charge in [0.05, 0.1) is 28.3 Å². The molecular formula is C27H29N3O5S2. The van der Waals surface area contributed by atoms with Gasteiger partial charge in [-0.2, -0.15) is 4.99 Å². The summed E-state index contributed by atoms with van der Waals surface area (Å²) in [6.45, 7) is 7.90. The summed E-state index contributed by atoms with van der Waals surface area (Å²) < 4.78 is 42.2. The molecule has 0 unspecified atom stereocenters. The summed E-state index contributed by atoms with van der Waals surface area (Å²) in [4.78, 5) is 18.2. The standard InChI is InChI=1S/C27H29N3O5S2/c1-4-34-16-15-30-24-14-11-22(35-5-2)18-25(24)36-27(30)28-26(31)20-7-6-8-21(17-20)29-37(32,33)23-12-9-19(3)10-13-23/h6-14,17-18,29H,4-5,15-16H2,1-3H3. The lowest BCUT2D eigenvalue weighted by atomic mass is 10.2. The minimum absolute atomic E-state index is 0.145. The van der Waals surface area contributed by atoms with Crippen LogP contribution < -0.4 is 14.3 Å². The summed E-state index contributed by atoms with van der Waals surface area (Å²) >= 11 is 1.39. The minimum atomic E-state index is -3.80. The lowest BCUT2D eigenvalue weighted by molar-refractivity contribution is 0.0996. The van der Waals surface area contributed by atoms with Crippen molar-refractivity contribution in [3.8, 4) is 5.75 Å². The first-order valence-electron chi connectivity index (χ1n) is 11.9. The van der Waals surface area contributed by atoms with Gasteiger partial charge in [-0.05, 0) is 69.3 Å². The van der Waals surface area contributed by atoms with E-state index in [1.807, 2.05) is 43.5 Å². The predicted octanol–water partition coefficient (Wildman–Crippen LogP) is 4.99. The monoisotopic (exact) mass is 539 g/mol. The maximum Gasteiger partial charge on any atom is 0.279 e. The molecule has 0 radical (unpaired) electrons. The molecule has 8 nitrogen and oxygen atoms in total. The molecule has 0 bridgehead atoms. The van der Waals surface area contributed by atoms with Gasteiger partial charge in [-0.15, -0.1) is 0 Å². The Hall–Kier alpha value is -3.47. The normalized spacial score (nSPS) is 12.1. The second-order valence-electron chi connectivity index (χ2n) is 8.21. The molecule has 0 fully saturated rings. The Balaban J connectivity index is 1.66. The molecule has 37 heavy (non-hydrogen) atoms. The van der Waals surface area contributed by atoms with Crippen LogP contribution in [0.25, 0.3) is 10.2 Å². The number of fused-ring (bicyclic) bond motifs is 1. The molecule has 1 amide bonds. The second kappa shape index (κ2) is 11.7. The van der Waals surface area contributed by atoms with Gasteiger partial charge in [-0.1, -0.05) is 35.1 Å². The van der Waals surface area contributed by atoms with Crippen molar-refractivity contribution in [2.45, 2.75) is 32.2 Å². The van der Waals surface area contributed by atoms with Crippen molar-refractivity contribution in [2.75, 3.05) is 24.5 Å². The van der Waals surface area contributed by atoms with Crippen molar-refractivity contribution in [1.82, 2.24) is 4.57 Å². The zero-order valence-corrected chi connectivity index (χ0v) is 22.6. The van der Waals surface area contributed by atoms with Crippen molar-refractivity contribution in [2.24, 2.45) is 4.99 Å². The molecule has 194 valence electrons. The third-order valence-electron chi connectivity index (χ3n) is 5.52. The number of nitrogens with zero attached hydrogens (tertiary/aromatic N) is 2. The van der Waals surface area contributed by atoms with E-state index in [9.17, 15) is 13.2 Å². The zero-order valence-electron chi connectivity index (χ0n) is 20.9. The summed E-state index contributed by atoms with van der Waals surface area (Å²) in [5.41, 5.74) is 2.44. The van der Waals surface area contributed by atoms with Crippen LogP contribution in [-0.2, 0) is 21.3 Å². The average Bonchev–Trinajstić information content (AvgIpc) is 3.20. The second-order valence-corrected chi connectivity index (χ2v) is 10.9. The predicted molar refractivity (Wildman–Crippen MR) is 146 cm³/mol. The number of sulfonamides is 1. The maximum absolute atomic E-state index is 13.2. The van der Waals surface area contributed by atoms with Crippen LogP contribution in [-0.4, -0.2) is 38.7 Å². The van der Waals surface area contributed by atoms with Gasteiger partial charge in [-0.25, -0.2) is 8.42 Å². The molecule has 3 aromatic carbocycles. The van der Waals surface area contributed by atoms with Crippen molar-refractivity contribution in [3.05, 3.63) is 82.7 Å². The Bertz CT molecular complexity index is 1570. The number of rotatable bonds is 10. The van der Waals surface area contributed by atoms with E-state index in [-0.39, 0.29) is 16.1 Å². The highest BCUT2D eigenvalue weighted by molar-refractivity contribution is 7.92. The first kappa shape index (κ1) is 26.6. The van der Waals surface area contributed by atoms with Crippen molar-refractivity contribution < 1.29 is 22.7 Å². The van der Waals surface area contributed by atoms with Crippen LogP contribution in [0, 0.1) is 6.92 Å².